The summed E-state index contributed by atoms with van der Waals surface area (Å²) in [5.41, 5.74) is 1.54. The number of rotatable bonds is 7. The van der Waals surface area contributed by atoms with Crippen LogP contribution in [-0.2, 0) is 13.1 Å². The summed E-state index contributed by atoms with van der Waals surface area (Å²) >= 11 is 7.72. The minimum atomic E-state index is -0.283. The molecule has 0 spiro atoms. The van der Waals surface area contributed by atoms with Crippen LogP contribution in [0, 0.1) is 5.82 Å². The van der Waals surface area contributed by atoms with Gasteiger partial charge in [-0.1, -0.05) is 35.9 Å². The summed E-state index contributed by atoms with van der Waals surface area (Å²) in [6, 6.07) is 5.48. The normalized spacial score (nSPS) is 18.5. The van der Waals surface area contributed by atoms with E-state index >= 15 is 0 Å². The van der Waals surface area contributed by atoms with Crippen molar-refractivity contribution in [3.63, 3.8) is 0 Å². The van der Waals surface area contributed by atoms with Gasteiger partial charge in [0.15, 0.2) is 5.16 Å². The number of piperidine rings is 2. The summed E-state index contributed by atoms with van der Waals surface area (Å²) in [4.78, 5) is 14.4. The first-order valence-electron chi connectivity index (χ1n) is 11.2. The van der Waals surface area contributed by atoms with Crippen LogP contribution < -0.4 is 10.2 Å². The smallest absolute Gasteiger partial charge is 0.189 e. The van der Waals surface area contributed by atoms with Crippen LogP contribution in [0.15, 0.2) is 29.6 Å². The number of hydrogen-bond donors (Lipinski definition) is 1. The van der Waals surface area contributed by atoms with Crippen molar-refractivity contribution >= 4 is 29.2 Å². The molecule has 2 aliphatic rings. The van der Waals surface area contributed by atoms with Crippen molar-refractivity contribution in [3.8, 4) is 0 Å². The molecule has 31 heavy (non-hydrogen) atoms. The van der Waals surface area contributed by atoms with Crippen LogP contribution in [0.25, 0.3) is 0 Å². The lowest BCUT2D eigenvalue weighted by Crippen LogP contribution is -2.47. The van der Waals surface area contributed by atoms with Crippen LogP contribution in [0.2, 0.25) is 5.02 Å². The van der Waals surface area contributed by atoms with Crippen molar-refractivity contribution in [3.05, 3.63) is 46.4 Å². The van der Waals surface area contributed by atoms with Gasteiger partial charge in [-0.25, -0.2) is 14.4 Å². The van der Waals surface area contributed by atoms with Crippen LogP contribution in [0.4, 0.5) is 10.2 Å². The van der Waals surface area contributed by atoms with Gasteiger partial charge in [-0.05, 0) is 57.2 Å². The monoisotopic (exact) mass is 463 g/mol. The Balaban J connectivity index is 1.41. The van der Waals surface area contributed by atoms with Gasteiger partial charge in [-0.3, -0.25) is 0 Å². The SMILES string of the molecule is CSc1ncc(CNCc2c(F)cccc2Cl)c(N2CCC(N3CCCCC3)CC2)n1. The molecule has 2 saturated heterocycles. The maximum absolute atomic E-state index is 14.1. The molecule has 2 aliphatic heterocycles. The van der Waals surface area contributed by atoms with E-state index in [-0.39, 0.29) is 5.82 Å². The Bertz CT molecular complexity index is 849. The molecule has 1 aromatic heterocycles. The number of aromatic nitrogens is 2. The highest BCUT2D eigenvalue weighted by molar-refractivity contribution is 7.98. The number of nitrogens with one attached hydrogen (secondary N) is 1. The van der Waals surface area contributed by atoms with Gasteiger partial charge < -0.3 is 15.1 Å². The zero-order chi connectivity index (χ0) is 21.6. The van der Waals surface area contributed by atoms with E-state index in [4.69, 9.17) is 16.6 Å². The van der Waals surface area contributed by atoms with Gasteiger partial charge >= 0.3 is 0 Å². The van der Waals surface area contributed by atoms with E-state index in [0.29, 0.717) is 29.7 Å². The molecule has 1 aromatic carbocycles. The molecule has 0 atom stereocenters. The summed E-state index contributed by atoms with van der Waals surface area (Å²) < 4.78 is 14.1. The minimum absolute atomic E-state index is 0.283. The van der Waals surface area contributed by atoms with Crippen molar-refractivity contribution in [2.45, 2.75) is 56.4 Å². The highest BCUT2D eigenvalue weighted by atomic mass is 35.5. The standard InChI is InChI=1S/C23H31ClFN5S/c1-31-23-27-15-17(14-26-16-19-20(24)6-5-7-21(19)25)22(28-23)30-12-8-18(9-13-30)29-10-3-2-4-11-29/h5-7,15,18,26H,2-4,8-14,16H2,1H3. The maximum atomic E-state index is 14.1. The fourth-order valence-corrected chi connectivity index (χ4v) is 5.19. The zero-order valence-corrected chi connectivity index (χ0v) is 19.7. The van der Waals surface area contributed by atoms with Crippen LogP contribution in [0.3, 0.4) is 0 Å². The summed E-state index contributed by atoms with van der Waals surface area (Å²) in [5.74, 6) is 0.720. The van der Waals surface area contributed by atoms with E-state index in [1.807, 2.05) is 12.5 Å². The number of halogens is 2. The Hall–Kier alpha value is -1.41. The van der Waals surface area contributed by atoms with E-state index in [0.717, 1.165) is 29.6 Å². The molecular formula is C23H31ClFN5S. The van der Waals surface area contributed by atoms with Crippen LogP contribution >= 0.6 is 23.4 Å². The van der Waals surface area contributed by atoms with E-state index in [1.54, 1.807) is 23.9 Å². The first-order chi connectivity index (χ1) is 15.2. The molecule has 1 N–H and O–H groups in total. The quantitative estimate of drug-likeness (QED) is 0.472. The topological polar surface area (TPSA) is 44.3 Å². The molecule has 5 nitrogen and oxygen atoms in total. The number of likely N-dealkylation sites (tertiary alicyclic amines) is 1. The molecule has 4 rings (SSSR count). The van der Waals surface area contributed by atoms with Gasteiger partial charge in [0.1, 0.15) is 11.6 Å². The molecule has 0 amide bonds. The average molecular weight is 464 g/mol. The van der Waals surface area contributed by atoms with Crippen molar-refractivity contribution < 1.29 is 4.39 Å². The lowest BCUT2D eigenvalue weighted by Gasteiger charge is -2.41. The minimum Gasteiger partial charge on any atom is -0.356 e. The molecule has 168 valence electrons. The highest BCUT2D eigenvalue weighted by Gasteiger charge is 2.27. The van der Waals surface area contributed by atoms with Gasteiger partial charge in [0.2, 0.25) is 0 Å². The summed E-state index contributed by atoms with van der Waals surface area (Å²) in [5, 5.41) is 4.56. The van der Waals surface area contributed by atoms with Gasteiger partial charge in [-0.2, -0.15) is 0 Å². The number of hydrogen-bond acceptors (Lipinski definition) is 6. The Morgan fingerprint density at radius 2 is 1.90 bits per heavy atom. The third-order valence-electron chi connectivity index (χ3n) is 6.35. The van der Waals surface area contributed by atoms with Crippen LogP contribution in [0.1, 0.15) is 43.2 Å². The predicted octanol–water partition coefficient (Wildman–Crippen LogP) is 4.74. The Kier molecular flexibility index (Phi) is 8.04. The molecule has 2 aromatic rings. The molecule has 2 fully saturated rings. The molecule has 3 heterocycles. The number of thioether (sulfide) groups is 1. The van der Waals surface area contributed by atoms with E-state index < -0.39 is 0 Å². The van der Waals surface area contributed by atoms with Gasteiger partial charge in [0.05, 0.1) is 0 Å². The molecule has 0 bridgehead atoms. The van der Waals surface area contributed by atoms with Crippen molar-refractivity contribution in [1.29, 1.82) is 0 Å². The second kappa shape index (κ2) is 10.9. The first-order valence-corrected chi connectivity index (χ1v) is 12.8. The largest absolute Gasteiger partial charge is 0.356 e. The Labute approximate surface area is 193 Å². The number of anilines is 1. The van der Waals surface area contributed by atoms with Crippen molar-refractivity contribution in [1.82, 2.24) is 20.2 Å². The number of nitrogens with zero attached hydrogens (tertiary/aromatic N) is 4. The van der Waals surface area contributed by atoms with E-state index in [9.17, 15) is 4.39 Å². The zero-order valence-electron chi connectivity index (χ0n) is 18.1. The highest BCUT2D eigenvalue weighted by Crippen LogP contribution is 2.27. The molecular weight excluding hydrogens is 433 g/mol. The maximum Gasteiger partial charge on any atom is 0.189 e. The van der Waals surface area contributed by atoms with Crippen LogP contribution in [-0.4, -0.2) is 53.3 Å². The van der Waals surface area contributed by atoms with Crippen LogP contribution in [0.5, 0.6) is 0 Å². The number of benzene rings is 1. The van der Waals surface area contributed by atoms with Gasteiger partial charge in [-0.15, -0.1) is 0 Å². The predicted molar refractivity (Wildman–Crippen MR) is 126 cm³/mol. The second-order valence-corrected chi connectivity index (χ2v) is 9.50. The van der Waals surface area contributed by atoms with Gasteiger partial charge in [0.25, 0.3) is 0 Å². The fourth-order valence-electron chi connectivity index (χ4n) is 4.63. The molecule has 0 saturated carbocycles. The molecule has 0 radical (unpaired) electrons. The average Bonchev–Trinajstić information content (AvgIpc) is 2.82. The molecule has 0 unspecified atom stereocenters. The third-order valence-corrected chi connectivity index (χ3v) is 7.27. The lowest BCUT2D eigenvalue weighted by molar-refractivity contribution is 0.141. The fraction of sp³-hybridized carbons (Fsp3) is 0.565. The molecule has 0 aliphatic carbocycles. The lowest BCUT2D eigenvalue weighted by atomic mass is 9.99. The Morgan fingerprint density at radius 1 is 1.13 bits per heavy atom. The van der Waals surface area contributed by atoms with Crippen molar-refractivity contribution in [2.24, 2.45) is 0 Å². The first kappa shape index (κ1) is 22.8. The van der Waals surface area contributed by atoms with E-state index in [1.165, 1.54) is 51.3 Å². The summed E-state index contributed by atoms with van der Waals surface area (Å²) in [6.07, 6.45) is 10.3. The summed E-state index contributed by atoms with van der Waals surface area (Å²) in [6.45, 7) is 5.47. The van der Waals surface area contributed by atoms with Crippen molar-refractivity contribution in [2.75, 3.05) is 37.3 Å². The summed E-state index contributed by atoms with van der Waals surface area (Å²) in [7, 11) is 0. The Morgan fingerprint density at radius 3 is 2.61 bits per heavy atom. The molecule has 8 heteroatoms. The van der Waals surface area contributed by atoms with E-state index in [2.05, 4.69) is 20.1 Å². The third kappa shape index (κ3) is 5.69. The second-order valence-electron chi connectivity index (χ2n) is 8.32. The van der Waals surface area contributed by atoms with Gasteiger partial charge in [0, 0.05) is 54.6 Å².